The number of hydrogen-bond donors (Lipinski definition) is 0. The normalized spacial score (nSPS) is 15.0. The van der Waals surface area contributed by atoms with E-state index in [1.165, 1.54) is 17.5 Å². The van der Waals surface area contributed by atoms with Gasteiger partial charge in [-0.15, -0.1) is 0 Å². The van der Waals surface area contributed by atoms with Crippen molar-refractivity contribution in [2.75, 3.05) is 6.61 Å². The van der Waals surface area contributed by atoms with Crippen LogP contribution in [-0.2, 0) is 26.0 Å². The highest BCUT2D eigenvalue weighted by atomic mass is 32.2. The molecular formula is C35H30FO3S+. The zero-order valence-electron chi connectivity index (χ0n) is 22.1. The van der Waals surface area contributed by atoms with Crippen molar-refractivity contribution in [3.63, 3.8) is 0 Å². The quantitative estimate of drug-likeness (QED) is 0.144. The Kier molecular flexibility index (Phi) is 7.56. The van der Waals surface area contributed by atoms with E-state index in [0.29, 0.717) is 5.75 Å². The first-order valence-electron chi connectivity index (χ1n) is 13.6. The SMILES string of the molecule is O=C(COc1ccc([S+](c2ccccc2)c2ccc(F)cc2)cc1)OC1(c2ccc3ccccc3c2)CCCC1. The van der Waals surface area contributed by atoms with Gasteiger partial charge in [-0.2, -0.15) is 0 Å². The number of carbonyl (C=O) groups excluding carboxylic acids is 1. The smallest absolute Gasteiger partial charge is 0.345 e. The lowest BCUT2D eigenvalue weighted by molar-refractivity contribution is -0.163. The second-order valence-electron chi connectivity index (χ2n) is 10.1. The molecule has 0 spiro atoms. The molecule has 0 radical (unpaired) electrons. The summed E-state index contributed by atoms with van der Waals surface area (Å²) in [5, 5.41) is 2.32. The summed E-state index contributed by atoms with van der Waals surface area (Å²) >= 11 is 0. The van der Waals surface area contributed by atoms with Crippen LogP contribution in [0.5, 0.6) is 5.75 Å². The van der Waals surface area contributed by atoms with Crippen LogP contribution in [0.15, 0.2) is 136 Å². The molecule has 5 heteroatoms. The molecule has 40 heavy (non-hydrogen) atoms. The van der Waals surface area contributed by atoms with Gasteiger partial charge in [-0.1, -0.05) is 54.6 Å². The molecule has 0 heterocycles. The lowest BCUT2D eigenvalue weighted by Gasteiger charge is -2.30. The number of rotatable bonds is 8. The molecule has 0 bridgehead atoms. The Hall–Kier alpha value is -4.09. The van der Waals surface area contributed by atoms with Crippen LogP contribution in [0.25, 0.3) is 10.8 Å². The third kappa shape index (κ3) is 5.61. The predicted octanol–water partition coefficient (Wildman–Crippen LogP) is 8.47. The van der Waals surface area contributed by atoms with Gasteiger partial charge >= 0.3 is 5.97 Å². The van der Waals surface area contributed by atoms with E-state index < -0.39 is 16.5 Å². The van der Waals surface area contributed by atoms with Crippen molar-refractivity contribution in [3.05, 3.63) is 133 Å². The van der Waals surface area contributed by atoms with Crippen molar-refractivity contribution in [1.82, 2.24) is 0 Å². The van der Waals surface area contributed by atoms with Gasteiger partial charge in [-0.3, -0.25) is 0 Å². The van der Waals surface area contributed by atoms with E-state index in [9.17, 15) is 9.18 Å². The Morgan fingerprint density at radius 2 is 1.30 bits per heavy atom. The highest BCUT2D eigenvalue weighted by Crippen LogP contribution is 2.43. The summed E-state index contributed by atoms with van der Waals surface area (Å²) < 4.78 is 25.6. The first kappa shape index (κ1) is 26.1. The largest absolute Gasteiger partial charge is 0.482 e. The summed E-state index contributed by atoms with van der Waals surface area (Å²) in [6.45, 7) is -0.156. The van der Waals surface area contributed by atoms with E-state index in [2.05, 4.69) is 42.5 Å². The Morgan fingerprint density at radius 1 is 0.700 bits per heavy atom. The predicted molar refractivity (Wildman–Crippen MR) is 157 cm³/mol. The standard InChI is InChI=1S/C35H30FO3S/c36-29-14-18-32(19-15-29)40(31-10-2-1-3-11-31)33-20-16-30(17-21-33)38-25-34(37)39-35(22-6-7-23-35)28-13-12-26-8-4-5-9-27(26)24-28/h1-5,8-21,24H,6-7,22-23,25H2/q+1. The van der Waals surface area contributed by atoms with Gasteiger partial charge in [0.1, 0.15) is 17.2 Å². The van der Waals surface area contributed by atoms with Crippen LogP contribution in [0.3, 0.4) is 0 Å². The molecule has 0 N–H and O–H groups in total. The van der Waals surface area contributed by atoms with Crippen molar-refractivity contribution >= 4 is 27.6 Å². The summed E-state index contributed by atoms with van der Waals surface area (Å²) in [5.41, 5.74) is 0.447. The van der Waals surface area contributed by atoms with Crippen LogP contribution in [0.2, 0.25) is 0 Å². The maximum absolute atomic E-state index is 13.6. The molecule has 1 unspecified atom stereocenters. The first-order chi connectivity index (χ1) is 19.6. The van der Waals surface area contributed by atoms with Gasteiger partial charge in [0.05, 0.1) is 10.9 Å². The Morgan fingerprint density at radius 3 is 2.00 bits per heavy atom. The first-order valence-corrected chi connectivity index (χ1v) is 14.8. The van der Waals surface area contributed by atoms with E-state index in [-0.39, 0.29) is 18.4 Å². The van der Waals surface area contributed by atoms with E-state index in [1.54, 1.807) is 0 Å². The van der Waals surface area contributed by atoms with Crippen molar-refractivity contribution in [2.45, 2.75) is 46.0 Å². The van der Waals surface area contributed by atoms with Gasteiger partial charge < -0.3 is 9.47 Å². The van der Waals surface area contributed by atoms with Crippen molar-refractivity contribution in [1.29, 1.82) is 0 Å². The molecule has 1 aliphatic carbocycles. The lowest BCUT2D eigenvalue weighted by atomic mass is 9.90. The monoisotopic (exact) mass is 549 g/mol. The van der Waals surface area contributed by atoms with Gasteiger partial charge in [0.2, 0.25) is 0 Å². The summed E-state index contributed by atoms with van der Waals surface area (Å²) in [6, 6.07) is 39.2. The second-order valence-corrected chi connectivity index (χ2v) is 12.1. The minimum absolute atomic E-state index is 0.156. The van der Waals surface area contributed by atoms with Crippen LogP contribution in [0.1, 0.15) is 31.2 Å². The molecule has 1 fully saturated rings. The molecule has 0 amide bonds. The highest BCUT2D eigenvalue weighted by molar-refractivity contribution is 7.97. The van der Waals surface area contributed by atoms with Gasteiger partial charge in [-0.05, 0) is 109 Å². The number of fused-ring (bicyclic) bond motifs is 1. The van der Waals surface area contributed by atoms with Gasteiger partial charge in [0.25, 0.3) is 0 Å². The average Bonchev–Trinajstić information content (AvgIpc) is 3.48. The molecule has 1 saturated carbocycles. The summed E-state index contributed by atoms with van der Waals surface area (Å²) in [4.78, 5) is 16.3. The molecule has 200 valence electrons. The number of carbonyl (C=O) groups is 1. The molecule has 5 aromatic rings. The molecule has 5 aromatic carbocycles. The Balaban J connectivity index is 1.16. The van der Waals surface area contributed by atoms with Crippen LogP contribution in [-0.4, -0.2) is 12.6 Å². The summed E-state index contributed by atoms with van der Waals surface area (Å²) in [6.07, 6.45) is 3.69. The van der Waals surface area contributed by atoms with E-state index >= 15 is 0 Å². The van der Waals surface area contributed by atoms with Crippen LogP contribution >= 0.6 is 0 Å². The third-order valence-corrected chi connectivity index (χ3v) is 9.67. The molecule has 6 rings (SSSR count). The van der Waals surface area contributed by atoms with Crippen molar-refractivity contribution < 1.29 is 18.7 Å². The number of ether oxygens (including phenoxy) is 2. The van der Waals surface area contributed by atoms with Gasteiger partial charge in [0.15, 0.2) is 21.3 Å². The minimum atomic E-state index is -0.604. The second kappa shape index (κ2) is 11.6. The molecule has 0 saturated heterocycles. The topological polar surface area (TPSA) is 35.5 Å². The minimum Gasteiger partial charge on any atom is -0.482 e. The molecule has 0 aromatic heterocycles. The fourth-order valence-electron chi connectivity index (χ4n) is 5.47. The lowest BCUT2D eigenvalue weighted by Crippen LogP contribution is -2.31. The Bertz CT molecular complexity index is 1590. The zero-order chi connectivity index (χ0) is 27.4. The van der Waals surface area contributed by atoms with E-state index in [4.69, 9.17) is 9.47 Å². The third-order valence-electron chi connectivity index (χ3n) is 7.44. The molecule has 3 nitrogen and oxygen atoms in total. The Labute approximate surface area is 236 Å². The van der Waals surface area contributed by atoms with Gasteiger partial charge in [0, 0.05) is 0 Å². The summed E-state index contributed by atoms with van der Waals surface area (Å²) in [7, 11) is -0.398. The van der Waals surface area contributed by atoms with E-state index in [0.717, 1.165) is 51.3 Å². The zero-order valence-corrected chi connectivity index (χ0v) is 22.9. The molecule has 0 aliphatic heterocycles. The van der Waals surface area contributed by atoms with Crippen LogP contribution < -0.4 is 4.74 Å². The number of benzene rings is 5. The fourth-order valence-corrected chi connectivity index (χ4v) is 7.53. The maximum atomic E-state index is 13.6. The summed E-state index contributed by atoms with van der Waals surface area (Å²) in [5.74, 6) is -0.0203. The molecular weight excluding hydrogens is 519 g/mol. The van der Waals surface area contributed by atoms with Crippen LogP contribution in [0.4, 0.5) is 4.39 Å². The molecule has 1 aliphatic rings. The number of halogens is 1. The number of hydrogen-bond acceptors (Lipinski definition) is 3. The van der Waals surface area contributed by atoms with Gasteiger partial charge in [-0.25, -0.2) is 9.18 Å². The van der Waals surface area contributed by atoms with Crippen molar-refractivity contribution in [3.8, 4) is 5.75 Å². The number of esters is 1. The van der Waals surface area contributed by atoms with E-state index in [1.807, 2.05) is 66.7 Å². The fraction of sp³-hybridized carbons (Fsp3) is 0.171. The van der Waals surface area contributed by atoms with Crippen molar-refractivity contribution in [2.24, 2.45) is 0 Å². The molecule has 1 atom stereocenters. The average molecular weight is 550 g/mol. The maximum Gasteiger partial charge on any atom is 0.345 e. The highest BCUT2D eigenvalue weighted by Gasteiger charge is 2.39. The van der Waals surface area contributed by atoms with Crippen LogP contribution in [0, 0.1) is 5.82 Å².